The molecule has 1 aromatic heterocycles. The summed E-state index contributed by atoms with van der Waals surface area (Å²) in [6.45, 7) is 2.96. The Bertz CT molecular complexity index is 369. The maximum absolute atomic E-state index is 10.9. The van der Waals surface area contributed by atoms with Gasteiger partial charge < -0.3 is 14.7 Å². The van der Waals surface area contributed by atoms with Crippen LogP contribution in [0.15, 0.2) is 24.5 Å². The maximum atomic E-state index is 10.9. The van der Waals surface area contributed by atoms with Gasteiger partial charge in [0.15, 0.2) is 6.10 Å². The minimum absolute atomic E-state index is 0.0805. The maximum Gasteiger partial charge on any atom is 0.334 e. The van der Waals surface area contributed by atoms with E-state index in [0.29, 0.717) is 13.1 Å². The number of aliphatic carboxylic acids is 1. The van der Waals surface area contributed by atoms with Crippen LogP contribution in [0.25, 0.3) is 0 Å². The molecular formula is C11H14N2O3. The molecule has 1 N–H and O–H groups in total. The van der Waals surface area contributed by atoms with Crippen LogP contribution >= 0.6 is 0 Å². The number of nitrogens with zero attached hydrogens (tertiary/aromatic N) is 2. The van der Waals surface area contributed by atoms with Crippen LogP contribution in [0.1, 0.15) is 6.92 Å². The van der Waals surface area contributed by atoms with Crippen molar-refractivity contribution in [1.29, 1.82) is 0 Å². The van der Waals surface area contributed by atoms with Gasteiger partial charge in [0.05, 0.1) is 12.6 Å². The molecule has 2 atom stereocenters. The number of pyridine rings is 1. The smallest absolute Gasteiger partial charge is 0.334 e. The van der Waals surface area contributed by atoms with E-state index in [1.807, 2.05) is 24.0 Å². The monoisotopic (exact) mass is 222 g/mol. The molecule has 0 spiro atoms. The molecule has 0 aromatic carbocycles. The number of rotatable bonds is 2. The number of morpholine rings is 1. The Morgan fingerprint density at radius 1 is 1.50 bits per heavy atom. The van der Waals surface area contributed by atoms with Crippen molar-refractivity contribution in [3.8, 4) is 0 Å². The average molecular weight is 222 g/mol. The third kappa shape index (κ3) is 2.30. The SMILES string of the molecule is CC1CN(c2ccncc2)CC(C(=O)O)O1. The van der Waals surface area contributed by atoms with Gasteiger partial charge in [-0.25, -0.2) is 4.79 Å². The lowest BCUT2D eigenvalue weighted by molar-refractivity contribution is -0.154. The molecule has 1 aliphatic rings. The molecule has 5 heteroatoms. The molecule has 86 valence electrons. The van der Waals surface area contributed by atoms with Gasteiger partial charge in [-0.3, -0.25) is 4.98 Å². The zero-order valence-corrected chi connectivity index (χ0v) is 9.04. The summed E-state index contributed by atoms with van der Waals surface area (Å²) in [6, 6.07) is 3.74. The summed E-state index contributed by atoms with van der Waals surface area (Å²) in [7, 11) is 0. The topological polar surface area (TPSA) is 62.7 Å². The van der Waals surface area contributed by atoms with E-state index in [1.165, 1.54) is 0 Å². The molecule has 5 nitrogen and oxygen atoms in total. The van der Waals surface area contributed by atoms with E-state index in [0.717, 1.165) is 5.69 Å². The van der Waals surface area contributed by atoms with Gasteiger partial charge in [-0.2, -0.15) is 0 Å². The molecule has 0 bridgehead atoms. The second-order valence-corrected chi connectivity index (χ2v) is 3.88. The van der Waals surface area contributed by atoms with Gasteiger partial charge in [0.25, 0.3) is 0 Å². The molecule has 16 heavy (non-hydrogen) atoms. The van der Waals surface area contributed by atoms with Gasteiger partial charge in [0, 0.05) is 24.6 Å². The molecule has 1 saturated heterocycles. The van der Waals surface area contributed by atoms with Crippen LogP contribution in [-0.4, -0.2) is 41.4 Å². The minimum Gasteiger partial charge on any atom is -0.479 e. The van der Waals surface area contributed by atoms with Gasteiger partial charge in [0.1, 0.15) is 0 Å². The summed E-state index contributed by atoms with van der Waals surface area (Å²) in [5.74, 6) is -0.911. The summed E-state index contributed by atoms with van der Waals surface area (Å²) < 4.78 is 5.34. The predicted molar refractivity (Wildman–Crippen MR) is 58.4 cm³/mol. The third-order valence-corrected chi connectivity index (χ3v) is 2.56. The summed E-state index contributed by atoms with van der Waals surface area (Å²) in [5, 5.41) is 8.96. The molecule has 0 amide bonds. The predicted octanol–water partition coefficient (Wildman–Crippen LogP) is 0.760. The van der Waals surface area contributed by atoms with Crippen molar-refractivity contribution in [2.45, 2.75) is 19.1 Å². The van der Waals surface area contributed by atoms with Crippen molar-refractivity contribution >= 4 is 11.7 Å². The summed E-state index contributed by atoms with van der Waals surface area (Å²) in [6.07, 6.45) is 2.57. The van der Waals surface area contributed by atoms with Crippen LogP contribution in [0.3, 0.4) is 0 Å². The van der Waals surface area contributed by atoms with Crippen molar-refractivity contribution in [2.24, 2.45) is 0 Å². The number of carboxylic acid groups (broad SMARTS) is 1. The van der Waals surface area contributed by atoms with Gasteiger partial charge in [0.2, 0.25) is 0 Å². The molecule has 1 fully saturated rings. The highest BCUT2D eigenvalue weighted by molar-refractivity contribution is 5.73. The lowest BCUT2D eigenvalue weighted by atomic mass is 10.2. The van der Waals surface area contributed by atoms with E-state index >= 15 is 0 Å². The molecule has 2 rings (SSSR count). The Kier molecular flexibility index (Phi) is 3.05. The molecule has 2 unspecified atom stereocenters. The first-order valence-corrected chi connectivity index (χ1v) is 5.20. The first-order valence-electron chi connectivity index (χ1n) is 5.20. The van der Waals surface area contributed by atoms with Crippen LogP contribution < -0.4 is 4.90 Å². The number of aromatic nitrogens is 1. The number of hydrogen-bond acceptors (Lipinski definition) is 4. The molecule has 1 aromatic rings. The van der Waals surface area contributed by atoms with Crippen molar-refractivity contribution in [3.63, 3.8) is 0 Å². The number of hydrogen-bond donors (Lipinski definition) is 1. The van der Waals surface area contributed by atoms with Gasteiger partial charge in [-0.1, -0.05) is 0 Å². The standard InChI is InChI=1S/C11H14N2O3/c1-8-6-13(7-10(16-8)11(14)15)9-2-4-12-5-3-9/h2-5,8,10H,6-7H2,1H3,(H,14,15). The Balaban J connectivity index is 2.14. The largest absolute Gasteiger partial charge is 0.479 e. The lowest BCUT2D eigenvalue weighted by Crippen LogP contribution is -2.49. The number of ether oxygens (including phenoxy) is 1. The van der Waals surface area contributed by atoms with Gasteiger partial charge >= 0.3 is 5.97 Å². The van der Waals surface area contributed by atoms with Crippen molar-refractivity contribution in [3.05, 3.63) is 24.5 Å². The number of carbonyl (C=O) groups is 1. The first-order chi connectivity index (χ1) is 7.66. The van der Waals surface area contributed by atoms with Gasteiger partial charge in [-0.05, 0) is 19.1 Å². The quantitative estimate of drug-likeness (QED) is 0.800. The summed E-state index contributed by atoms with van der Waals surface area (Å²) >= 11 is 0. The van der Waals surface area contributed by atoms with E-state index in [2.05, 4.69) is 4.98 Å². The Morgan fingerprint density at radius 2 is 2.19 bits per heavy atom. The minimum atomic E-state index is -0.911. The average Bonchev–Trinajstić information content (AvgIpc) is 2.29. The Labute approximate surface area is 93.7 Å². The highest BCUT2D eigenvalue weighted by Gasteiger charge is 2.30. The second kappa shape index (κ2) is 4.49. The molecule has 0 aliphatic carbocycles. The second-order valence-electron chi connectivity index (χ2n) is 3.88. The van der Waals surface area contributed by atoms with Crippen LogP contribution in [-0.2, 0) is 9.53 Å². The number of anilines is 1. The normalized spacial score (nSPS) is 25.4. The zero-order chi connectivity index (χ0) is 11.5. The molecule has 1 aliphatic heterocycles. The summed E-state index contributed by atoms with van der Waals surface area (Å²) in [4.78, 5) is 16.9. The van der Waals surface area contributed by atoms with E-state index in [-0.39, 0.29) is 6.10 Å². The Morgan fingerprint density at radius 3 is 2.81 bits per heavy atom. The van der Waals surface area contributed by atoms with E-state index in [9.17, 15) is 4.79 Å². The first kappa shape index (κ1) is 10.9. The zero-order valence-electron chi connectivity index (χ0n) is 9.04. The fourth-order valence-corrected chi connectivity index (χ4v) is 1.85. The third-order valence-electron chi connectivity index (χ3n) is 2.56. The van der Waals surface area contributed by atoms with Crippen LogP contribution in [0, 0.1) is 0 Å². The van der Waals surface area contributed by atoms with Gasteiger partial charge in [-0.15, -0.1) is 0 Å². The molecule has 2 heterocycles. The molecule has 0 radical (unpaired) electrons. The fraction of sp³-hybridized carbons (Fsp3) is 0.455. The Hall–Kier alpha value is -1.62. The van der Waals surface area contributed by atoms with Crippen molar-refractivity contribution in [2.75, 3.05) is 18.0 Å². The van der Waals surface area contributed by atoms with Crippen LogP contribution in [0.4, 0.5) is 5.69 Å². The van der Waals surface area contributed by atoms with E-state index in [1.54, 1.807) is 12.4 Å². The molecule has 0 saturated carbocycles. The van der Waals surface area contributed by atoms with Crippen molar-refractivity contribution < 1.29 is 14.6 Å². The highest BCUT2D eigenvalue weighted by Crippen LogP contribution is 2.19. The van der Waals surface area contributed by atoms with Crippen molar-refractivity contribution in [1.82, 2.24) is 4.98 Å². The lowest BCUT2D eigenvalue weighted by Gasteiger charge is -2.36. The molecular weight excluding hydrogens is 208 g/mol. The summed E-state index contributed by atoms with van der Waals surface area (Å²) in [5.41, 5.74) is 0.983. The van der Waals surface area contributed by atoms with E-state index in [4.69, 9.17) is 9.84 Å². The highest BCUT2D eigenvalue weighted by atomic mass is 16.5. The number of carboxylic acids is 1. The van der Waals surface area contributed by atoms with E-state index < -0.39 is 12.1 Å². The van der Waals surface area contributed by atoms with Crippen LogP contribution in [0.5, 0.6) is 0 Å². The van der Waals surface area contributed by atoms with Crippen LogP contribution in [0.2, 0.25) is 0 Å². The fourth-order valence-electron chi connectivity index (χ4n) is 1.85.